The number of hydrogen-bond acceptors (Lipinski definition) is 3. The van der Waals surface area contributed by atoms with E-state index in [0.717, 1.165) is 23.5 Å². The number of furan rings is 1. The second-order valence-electron chi connectivity index (χ2n) is 6.26. The maximum Gasteiger partial charge on any atom is 0.124 e. The van der Waals surface area contributed by atoms with Crippen molar-refractivity contribution >= 4 is 0 Å². The van der Waals surface area contributed by atoms with Crippen LogP contribution >= 0.6 is 0 Å². The summed E-state index contributed by atoms with van der Waals surface area (Å²) in [5, 5.41) is 3.43. The summed E-state index contributed by atoms with van der Waals surface area (Å²) in [6.07, 6.45) is 2.74. The first-order valence-corrected chi connectivity index (χ1v) is 7.50. The summed E-state index contributed by atoms with van der Waals surface area (Å²) in [6.45, 7) is 9.81. The molecule has 1 heterocycles. The van der Waals surface area contributed by atoms with Crippen LogP contribution in [0.4, 0.5) is 0 Å². The minimum absolute atomic E-state index is 0.0698. The summed E-state index contributed by atoms with van der Waals surface area (Å²) in [4.78, 5) is 0. The van der Waals surface area contributed by atoms with E-state index in [-0.39, 0.29) is 5.54 Å². The highest BCUT2D eigenvalue weighted by Gasteiger charge is 2.13. The van der Waals surface area contributed by atoms with Crippen molar-refractivity contribution in [2.24, 2.45) is 0 Å². The lowest BCUT2D eigenvalue weighted by molar-refractivity contribution is 0.299. The smallest absolute Gasteiger partial charge is 0.124 e. The average molecular weight is 287 g/mol. The first kappa shape index (κ1) is 15.6. The molecule has 1 aromatic heterocycles. The fourth-order valence-corrected chi connectivity index (χ4v) is 2.01. The van der Waals surface area contributed by atoms with Crippen molar-refractivity contribution in [2.75, 3.05) is 0 Å². The van der Waals surface area contributed by atoms with Crippen molar-refractivity contribution < 1.29 is 9.15 Å². The normalized spacial score (nSPS) is 11.6. The van der Waals surface area contributed by atoms with Crippen LogP contribution in [0, 0.1) is 0 Å². The van der Waals surface area contributed by atoms with Crippen LogP contribution < -0.4 is 10.1 Å². The molecule has 114 valence electrons. The van der Waals surface area contributed by atoms with Crippen molar-refractivity contribution in [3.05, 3.63) is 53.5 Å². The van der Waals surface area contributed by atoms with Crippen LogP contribution in [0.1, 0.15) is 44.6 Å². The van der Waals surface area contributed by atoms with E-state index in [1.165, 1.54) is 5.56 Å². The average Bonchev–Trinajstić information content (AvgIpc) is 2.90. The summed E-state index contributed by atoms with van der Waals surface area (Å²) < 4.78 is 11.4. The molecule has 0 saturated carbocycles. The minimum Gasteiger partial charge on any atom is -0.489 e. The summed E-state index contributed by atoms with van der Waals surface area (Å²) in [5.74, 6) is 1.85. The second-order valence-corrected chi connectivity index (χ2v) is 6.26. The molecule has 0 aliphatic carbocycles. The molecule has 21 heavy (non-hydrogen) atoms. The van der Waals surface area contributed by atoms with Gasteiger partial charge in [0.2, 0.25) is 0 Å². The van der Waals surface area contributed by atoms with Gasteiger partial charge < -0.3 is 14.5 Å². The molecule has 0 atom stereocenters. The number of ether oxygens (including phenoxy) is 1. The SMILES string of the molecule is CCc1cccc(OCc2ccoc2CNC(C)(C)C)c1. The lowest BCUT2D eigenvalue weighted by atomic mass is 10.1. The van der Waals surface area contributed by atoms with Crippen molar-refractivity contribution in [3.63, 3.8) is 0 Å². The van der Waals surface area contributed by atoms with Crippen molar-refractivity contribution in [1.29, 1.82) is 0 Å². The number of rotatable bonds is 6. The van der Waals surface area contributed by atoms with Gasteiger partial charge in [-0.15, -0.1) is 0 Å². The van der Waals surface area contributed by atoms with Crippen LogP contribution in [0.25, 0.3) is 0 Å². The Balaban J connectivity index is 1.95. The highest BCUT2D eigenvalue weighted by molar-refractivity contribution is 5.29. The van der Waals surface area contributed by atoms with Gasteiger partial charge in [0.1, 0.15) is 18.1 Å². The quantitative estimate of drug-likeness (QED) is 0.859. The molecule has 1 N–H and O–H groups in total. The van der Waals surface area contributed by atoms with Gasteiger partial charge >= 0.3 is 0 Å². The van der Waals surface area contributed by atoms with Gasteiger partial charge in [0, 0.05) is 11.1 Å². The maximum atomic E-state index is 5.88. The second kappa shape index (κ2) is 6.81. The molecular formula is C18H25NO2. The molecule has 0 unspecified atom stereocenters. The molecule has 0 saturated heterocycles. The predicted molar refractivity (Wildman–Crippen MR) is 85.5 cm³/mol. The van der Waals surface area contributed by atoms with Crippen molar-refractivity contribution in [2.45, 2.75) is 52.8 Å². The van der Waals surface area contributed by atoms with E-state index in [1.807, 2.05) is 18.2 Å². The highest BCUT2D eigenvalue weighted by atomic mass is 16.5. The Morgan fingerprint density at radius 2 is 2.00 bits per heavy atom. The molecule has 2 rings (SSSR count). The molecule has 1 aromatic carbocycles. The molecule has 0 bridgehead atoms. The van der Waals surface area contributed by atoms with E-state index >= 15 is 0 Å². The first-order valence-electron chi connectivity index (χ1n) is 7.50. The maximum absolute atomic E-state index is 5.88. The Hall–Kier alpha value is -1.74. The van der Waals surface area contributed by atoms with Gasteiger partial charge in [-0.25, -0.2) is 0 Å². The van der Waals surface area contributed by atoms with E-state index in [9.17, 15) is 0 Å². The first-order chi connectivity index (χ1) is 9.98. The van der Waals surface area contributed by atoms with Gasteiger partial charge in [-0.05, 0) is 51.0 Å². The third kappa shape index (κ3) is 4.94. The molecule has 0 fully saturated rings. The standard InChI is InChI=1S/C18H25NO2/c1-5-14-7-6-8-16(11-14)21-13-15-9-10-20-17(15)12-19-18(2,3)4/h6-11,19H,5,12-13H2,1-4H3. The van der Waals surface area contributed by atoms with E-state index in [0.29, 0.717) is 13.2 Å². The van der Waals surface area contributed by atoms with E-state index in [2.05, 4.69) is 45.1 Å². The number of benzene rings is 1. The summed E-state index contributed by atoms with van der Waals surface area (Å²) in [7, 11) is 0. The zero-order chi connectivity index (χ0) is 15.3. The molecular weight excluding hydrogens is 262 g/mol. The molecule has 0 aliphatic heterocycles. The fourth-order valence-electron chi connectivity index (χ4n) is 2.01. The Morgan fingerprint density at radius 1 is 1.19 bits per heavy atom. The van der Waals surface area contributed by atoms with Gasteiger partial charge in [-0.3, -0.25) is 0 Å². The Kier molecular flexibility index (Phi) is 5.07. The van der Waals surface area contributed by atoms with Gasteiger partial charge in [0.05, 0.1) is 12.8 Å². The fraction of sp³-hybridized carbons (Fsp3) is 0.444. The summed E-state index contributed by atoms with van der Waals surface area (Å²) >= 11 is 0. The molecule has 0 amide bonds. The van der Waals surface area contributed by atoms with Crippen molar-refractivity contribution in [1.82, 2.24) is 5.32 Å². The van der Waals surface area contributed by atoms with Gasteiger partial charge in [0.25, 0.3) is 0 Å². The van der Waals surface area contributed by atoms with E-state index in [4.69, 9.17) is 9.15 Å². The molecule has 3 heteroatoms. The predicted octanol–water partition coefficient (Wildman–Crippen LogP) is 4.31. The molecule has 3 nitrogen and oxygen atoms in total. The molecule has 0 aliphatic rings. The largest absolute Gasteiger partial charge is 0.489 e. The third-order valence-corrected chi connectivity index (χ3v) is 3.32. The number of aryl methyl sites for hydroxylation is 1. The third-order valence-electron chi connectivity index (χ3n) is 3.32. The monoisotopic (exact) mass is 287 g/mol. The van der Waals surface area contributed by atoms with Crippen LogP contribution in [0.2, 0.25) is 0 Å². The zero-order valence-corrected chi connectivity index (χ0v) is 13.4. The highest BCUT2D eigenvalue weighted by Crippen LogP contribution is 2.18. The van der Waals surface area contributed by atoms with Gasteiger partial charge in [-0.2, -0.15) is 0 Å². The summed E-state index contributed by atoms with van der Waals surface area (Å²) in [5.41, 5.74) is 2.45. The lowest BCUT2D eigenvalue weighted by Crippen LogP contribution is -2.35. The van der Waals surface area contributed by atoms with Gasteiger partial charge in [-0.1, -0.05) is 19.1 Å². The Bertz CT molecular complexity index is 567. The van der Waals surface area contributed by atoms with Crippen LogP contribution in [0.5, 0.6) is 5.75 Å². The lowest BCUT2D eigenvalue weighted by Gasteiger charge is -2.20. The van der Waals surface area contributed by atoms with Crippen molar-refractivity contribution in [3.8, 4) is 5.75 Å². The number of nitrogens with one attached hydrogen (secondary N) is 1. The molecule has 0 spiro atoms. The van der Waals surface area contributed by atoms with Gasteiger partial charge in [0.15, 0.2) is 0 Å². The van der Waals surface area contributed by atoms with Crippen LogP contribution in [-0.4, -0.2) is 5.54 Å². The number of hydrogen-bond donors (Lipinski definition) is 1. The summed E-state index contributed by atoms with van der Waals surface area (Å²) in [6, 6.07) is 10.2. The molecule has 2 aromatic rings. The van der Waals surface area contributed by atoms with E-state index in [1.54, 1.807) is 6.26 Å². The zero-order valence-electron chi connectivity index (χ0n) is 13.4. The Morgan fingerprint density at radius 3 is 2.71 bits per heavy atom. The Labute approximate surface area is 127 Å². The minimum atomic E-state index is 0.0698. The van der Waals surface area contributed by atoms with Crippen LogP contribution in [0.3, 0.4) is 0 Å². The topological polar surface area (TPSA) is 34.4 Å². The van der Waals surface area contributed by atoms with E-state index < -0.39 is 0 Å². The van der Waals surface area contributed by atoms with Crippen LogP contribution in [-0.2, 0) is 19.6 Å². The van der Waals surface area contributed by atoms with Crippen LogP contribution in [0.15, 0.2) is 41.0 Å². The molecule has 0 radical (unpaired) electrons.